The van der Waals surface area contributed by atoms with Gasteiger partial charge in [-0.1, -0.05) is 32.9 Å². The topological polar surface area (TPSA) is 72.2 Å². The Labute approximate surface area is 122 Å². The van der Waals surface area contributed by atoms with Crippen LogP contribution in [-0.2, 0) is 5.41 Å². The highest BCUT2D eigenvalue weighted by molar-refractivity contribution is 5.85. The van der Waals surface area contributed by atoms with E-state index in [0.717, 1.165) is 0 Å². The Morgan fingerprint density at radius 3 is 2.24 bits per heavy atom. The molecule has 1 N–H and O–H groups in total. The molecule has 0 saturated carbocycles. The molecular formula is C16H18N2O3. The molecular weight excluding hydrogens is 268 g/mol. The van der Waals surface area contributed by atoms with Gasteiger partial charge in [-0.05, 0) is 30.0 Å². The van der Waals surface area contributed by atoms with Crippen LogP contribution in [0.2, 0.25) is 0 Å². The van der Waals surface area contributed by atoms with Crippen LogP contribution in [0.15, 0.2) is 35.3 Å². The lowest BCUT2D eigenvalue weighted by Crippen LogP contribution is -2.23. The van der Waals surface area contributed by atoms with E-state index in [9.17, 15) is 9.59 Å². The largest absolute Gasteiger partial charge is 0.476 e. The van der Waals surface area contributed by atoms with Gasteiger partial charge >= 0.3 is 5.97 Å². The molecule has 2 aromatic rings. The summed E-state index contributed by atoms with van der Waals surface area (Å²) in [5.74, 6) is -1.32. The maximum Gasteiger partial charge on any atom is 0.360 e. The third-order valence-corrected chi connectivity index (χ3v) is 3.30. The van der Waals surface area contributed by atoms with E-state index >= 15 is 0 Å². The molecule has 0 saturated heterocycles. The number of aromatic carboxylic acids is 1. The van der Waals surface area contributed by atoms with E-state index in [-0.39, 0.29) is 5.41 Å². The van der Waals surface area contributed by atoms with Gasteiger partial charge in [0.2, 0.25) is 11.1 Å². The average Bonchev–Trinajstić information content (AvgIpc) is 2.40. The Kier molecular flexibility index (Phi) is 3.68. The van der Waals surface area contributed by atoms with Crippen molar-refractivity contribution in [3.63, 3.8) is 0 Å². The first-order valence-corrected chi connectivity index (χ1v) is 6.65. The number of carbonyl (C=O) groups is 1. The molecule has 0 bridgehead atoms. The summed E-state index contributed by atoms with van der Waals surface area (Å²) in [6.45, 7) is 7.93. The highest BCUT2D eigenvalue weighted by atomic mass is 16.4. The molecule has 110 valence electrons. The maximum absolute atomic E-state index is 11.7. The predicted molar refractivity (Wildman–Crippen MR) is 80.2 cm³/mol. The van der Waals surface area contributed by atoms with E-state index in [1.165, 1.54) is 10.2 Å². The third-order valence-electron chi connectivity index (χ3n) is 3.30. The minimum Gasteiger partial charge on any atom is -0.476 e. The van der Waals surface area contributed by atoms with E-state index in [4.69, 9.17) is 5.11 Å². The maximum atomic E-state index is 11.7. The van der Waals surface area contributed by atoms with E-state index in [0.29, 0.717) is 11.3 Å². The fraction of sp³-hybridized carbons (Fsp3) is 0.312. The fourth-order valence-electron chi connectivity index (χ4n) is 2.00. The SMILES string of the molecule is Cc1cn(-c2ccc(C(C)(C)C)cc2)nc(C(=O)O)c1=O. The molecule has 0 aliphatic rings. The highest BCUT2D eigenvalue weighted by Crippen LogP contribution is 2.22. The van der Waals surface area contributed by atoms with Crippen molar-refractivity contribution in [3.8, 4) is 5.69 Å². The minimum atomic E-state index is -1.32. The zero-order chi connectivity index (χ0) is 15.8. The Bertz CT molecular complexity index is 738. The monoisotopic (exact) mass is 286 g/mol. The van der Waals surface area contributed by atoms with Crippen LogP contribution in [0.1, 0.15) is 42.4 Å². The van der Waals surface area contributed by atoms with Crippen LogP contribution in [0.4, 0.5) is 0 Å². The molecule has 5 heteroatoms. The standard InChI is InChI=1S/C16H18N2O3/c1-10-9-18(17-13(14(10)19)15(20)21)12-7-5-11(6-8-12)16(2,3)4/h5-9H,1-4H3,(H,20,21). The quantitative estimate of drug-likeness (QED) is 0.920. The number of aromatic nitrogens is 2. The van der Waals surface area contributed by atoms with Gasteiger partial charge in [-0.3, -0.25) is 4.79 Å². The summed E-state index contributed by atoms with van der Waals surface area (Å²) in [4.78, 5) is 22.8. The molecule has 0 unspecified atom stereocenters. The Morgan fingerprint density at radius 2 is 1.76 bits per heavy atom. The molecule has 0 atom stereocenters. The first-order chi connectivity index (χ1) is 9.70. The van der Waals surface area contributed by atoms with Crippen molar-refractivity contribution in [2.24, 2.45) is 0 Å². The van der Waals surface area contributed by atoms with Gasteiger partial charge in [0.25, 0.3) is 0 Å². The molecule has 0 spiro atoms. The lowest BCUT2D eigenvalue weighted by Gasteiger charge is -2.19. The van der Waals surface area contributed by atoms with Crippen LogP contribution in [-0.4, -0.2) is 20.9 Å². The van der Waals surface area contributed by atoms with Gasteiger partial charge in [0.15, 0.2) is 0 Å². The first kappa shape index (κ1) is 15.0. The first-order valence-electron chi connectivity index (χ1n) is 6.65. The van der Waals surface area contributed by atoms with Crippen LogP contribution in [0, 0.1) is 6.92 Å². The molecule has 0 aliphatic heterocycles. The minimum absolute atomic E-state index is 0.0393. The zero-order valence-electron chi connectivity index (χ0n) is 12.5. The number of hydrogen-bond donors (Lipinski definition) is 1. The fourth-order valence-corrected chi connectivity index (χ4v) is 2.00. The molecule has 0 fully saturated rings. The smallest absolute Gasteiger partial charge is 0.360 e. The van der Waals surface area contributed by atoms with Gasteiger partial charge in [0.05, 0.1) is 5.69 Å². The van der Waals surface area contributed by atoms with E-state index in [1.54, 1.807) is 13.1 Å². The van der Waals surface area contributed by atoms with E-state index in [2.05, 4.69) is 25.9 Å². The van der Waals surface area contributed by atoms with Crippen LogP contribution in [0.25, 0.3) is 5.69 Å². The van der Waals surface area contributed by atoms with E-state index < -0.39 is 17.1 Å². The summed E-state index contributed by atoms with van der Waals surface area (Å²) in [6, 6.07) is 7.68. The van der Waals surface area contributed by atoms with Crippen molar-refractivity contribution in [2.75, 3.05) is 0 Å². The van der Waals surface area contributed by atoms with Crippen molar-refractivity contribution in [2.45, 2.75) is 33.1 Å². The predicted octanol–water partition coefficient (Wildman–Crippen LogP) is 2.54. The van der Waals surface area contributed by atoms with Crippen LogP contribution in [0.3, 0.4) is 0 Å². The van der Waals surface area contributed by atoms with Crippen LogP contribution < -0.4 is 5.43 Å². The molecule has 0 aliphatic carbocycles. The molecule has 5 nitrogen and oxygen atoms in total. The van der Waals surface area contributed by atoms with Gasteiger partial charge in [0.1, 0.15) is 0 Å². The molecule has 1 aromatic carbocycles. The van der Waals surface area contributed by atoms with Crippen molar-refractivity contribution in [1.82, 2.24) is 9.78 Å². The van der Waals surface area contributed by atoms with E-state index in [1.807, 2.05) is 24.3 Å². The number of benzene rings is 1. The van der Waals surface area contributed by atoms with Gasteiger partial charge in [-0.15, -0.1) is 0 Å². The Balaban J connectivity index is 2.52. The molecule has 21 heavy (non-hydrogen) atoms. The number of hydrogen-bond acceptors (Lipinski definition) is 3. The van der Waals surface area contributed by atoms with Gasteiger partial charge < -0.3 is 5.11 Å². The summed E-state index contributed by atoms with van der Waals surface area (Å²) >= 11 is 0. The summed E-state index contributed by atoms with van der Waals surface area (Å²) in [5, 5.41) is 12.9. The number of nitrogens with zero attached hydrogens (tertiary/aromatic N) is 2. The number of rotatable bonds is 2. The Hall–Kier alpha value is -2.43. The van der Waals surface area contributed by atoms with Gasteiger partial charge in [0, 0.05) is 11.8 Å². The highest BCUT2D eigenvalue weighted by Gasteiger charge is 2.16. The second-order valence-corrected chi connectivity index (χ2v) is 6.04. The van der Waals surface area contributed by atoms with Crippen molar-refractivity contribution in [1.29, 1.82) is 0 Å². The summed E-state index contributed by atoms with van der Waals surface area (Å²) in [6.07, 6.45) is 1.54. The molecule has 2 rings (SSSR count). The molecule has 0 amide bonds. The summed E-state index contributed by atoms with van der Waals surface area (Å²) in [5.41, 5.74) is 1.26. The van der Waals surface area contributed by atoms with Crippen molar-refractivity contribution < 1.29 is 9.90 Å². The second kappa shape index (κ2) is 5.16. The lowest BCUT2D eigenvalue weighted by atomic mass is 9.87. The number of carboxylic acid groups (broad SMARTS) is 1. The molecule has 1 heterocycles. The number of aryl methyl sites for hydroxylation is 1. The van der Waals surface area contributed by atoms with Crippen molar-refractivity contribution in [3.05, 3.63) is 57.5 Å². The molecule has 0 radical (unpaired) electrons. The van der Waals surface area contributed by atoms with Crippen LogP contribution in [0.5, 0.6) is 0 Å². The summed E-state index contributed by atoms with van der Waals surface area (Å²) in [7, 11) is 0. The molecule has 1 aromatic heterocycles. The van der Waals surface area contributed by atoms with Gasteiger partial charge in [-0.25, -0.2) is 9.48 Å². The summed E-state index contributed by atoms with van der Waals surface area (Å²) < 4.78 is 1.42. The van der Waals surface area contributed by atoms with Crippen molar-refractivity contribution >= 4 is 5.97 Å². The second-order valence-electron chi connectivity index (χ2n) is 6.04. The normalized spacial score (nSPS) is 11.4. The zero-order valence-corrected chi connectivity index (χ0v) is 12.5. The lowest BCUT2D eigenvalue weighted by molar-refractivity contribution is 0.0686. The number of carboxylic acids is 1. The van der Waals surface area contributed by atoms with Gasteiger partial charge in [-0.2, -0.15) is 5.10 Å². The Morgan fingerprint density at radius 1 is 1.19 bits per heavy atom. The van der Waals surface area contributed by atoms with Crippen LogP contribution >= 0.6 is 0 Å². The third kappa shape index (κ3) is 3.02. The average molecular weight is 286 g/mol.